The van der Waals surface area contributed by atoms with Crippen LogP contribution in [0.15, 0.2) is 45.9 Å². The first-order chi connectivity index (χ1) is 13.4. The lowest BCUT2D eigenvalue weighted by Gasteiger charge is -2.24. The zero-order valence-electron chi connectivity index (χ0n) is 16.4. The van der Waals surface area contributed by atoms with Crippen LogP contribution in [0.25, 0.3) is 20.7 Å². The molecule has 144 valence electrons. The van der Waals surface area contributed by atoms with E-state index < -0.39 is 0 Å². The number of aryl methyl sites for hydroxylation is 2. The number of fused-ring (bicyclic) bond motifs is 1. The third-order valence-corrected chi connectivity index (χ3v) is 7.00. The smallest absolute Gasteiger partial charge is 0.260 e. The summed E-state index contributed by atoms with van der Waals surface area (Å²) in [5.41, 5.74) is 4.77. The molecule has 0 aliphatic heterocycles. The lowest BCUT2D eigenvalue weighted by atomic mass is 10.0. The van der Waals surface area contributed by atoms with Crippen LogP contribution in [0.5, 0.6) is 0 Å². The van der Waals surface area contributed by atoms with Crippen LogP contribution in [0.3, 0.4) is 0 Å². The Morgan fingerprint density at radius 2 is 2.04 bits per heavy atom. The van der Waals surface area contributed by atoms with Crippen molar-refractivity contribution in [1.29, 1.82) is 0 Å². The Labute approximate surface area is 172 Å². The predicted octanol–water partition coefficient (Wildman–Crippen LogP) is 5.52. The van der Waals surface area contributed by atoms with Gasteiger partial charge in [0.15, 0.2) is 0 Å². The molecule has 3 aromatic heterocycles. The van der Waals surface area contributed by atoms with Crippen LogP contribution in [0.2, 0.25) is 0 Å². The summed E-state index contributed by atoms with van der Waals surface area (Å²) in [5.74, 6) is 0.712. The average Bonchev–Trinajstić information content (AvgIpc) is 3.32. The van der Waals surface area contributed by atoms with Crippen LogP contribution in [-0.2, 0) is 6.54 Å². The highest BCUT2D eigenvalue weighted by molar-refractivity contribution is 7.18. The minimum atomic E-state index is -0.0589. The Bertz CT molecular complexity index is 1170. The summed E-state index contributed by atoms with van der Waals surface area (Å²) >= 11 is 3.18. The van der Waals surface area contributed by atoms with Gasteiger partial charge in [0.2, 0.25) is 0 Å². The van der Waals surface area contributed by atoms with Crippen LogP contribution >= 0.6 is 22.7 Å². The van der Waals surface area contributed by atoms with E-state index in [4.69, 9.17) is 4.98 Å². The molecule has 0 aliphatic rings. The first kappa shape index (κ1) is 19.1. The summed E-state index contributed by atoms with van der Waals surface area (Å²) < 4.78 is 0. The van der Waals surface area contributed by atoms with Crippen LogP contribution in [0, 0.1) is 13.8 Å². The Kier molecular flexibility index (Phi) is 5.19. The fourth-order valence-electron chi connectivity index (χ4n) is 3.41. The Balaban J connectivity index is 1.64. The summed E-state index contributed by atoms with van der Waals surface area (Å²) in [6.45, 7) is 7.14. The number of nitrogens with zero attached hydrogens (tertiary/aromatic N) is 2. The number of rotatable bonds is 5. The first-order valence-electron chi connectivity index (χ1n) is 9.25. The standard InChI is InChI=1S/C22H23N3OS2/c1-13-7-8-16(14(2)10-13)11-25(4)15(3)20-23-21(26)19-17(12-28-22(19)24-20)18-6-5-9-27-18/h5-10,12,15H,11H2,1-4H3,(H,23,24,26)/t15-/m1/s1. The topological polar surface area (TPSA) is 49.0 Å². The van der Waals surface area contributed by atoms with Gasteiger partial charge in [0, 0.05) is 22.4 Å². The predicted molar refractivity (Wildman–Crippen MR) is 119 cm³/mol. The molecule has 0 radical (unpaired) electrons. The number of thiophene rings is 2. The number of aromatic amines is 1. The van der Waals surface area contributed by atoms with Crippen LogP contribution in [-0.4, -0.2) is 21.9 Å². The van der Waals surface area contributed by atoms with Crippen molar-refractivity contribution in [3.63, 3.8) is 0 Å². The number of hydrogen-bond acceptors (Lipinski definition) is 5. The molecular formula is C22H23N3OS2. The van der Waals surface area contributed by atoms with Gasteiger partial charge in [-0.2, -0.15) is 0 Å². The van der Waals surface area contributed by atoms with Crippen LogP contribution < -0.4 is 5.56 Å². The lowest BCUT2D eigenvalue weighted by Crippen LogP contribution is -2.26. The summed E-state index contributed by atoms with van der Waals surface area (Å²) in [5, 5.41) is 4.76. The van der Waals surface area contributed by atoms with E-state index in [0.717, 1.165) is 21.8 Å². The lowest BCUT2D eigenvalue weighted by molar-refractivity contribution is 0.243. The highest BCUT2D eigenvalue weighted by Gasteiger charge is 2.19. The molecule has 1 aromatic carbocycles. The van der Waals surface area contributed by atoms with Gasteiger partial charge in [0.1, 0.15) is 10.7 Å². The maximum atomic E-state index is 12.9. The van der Waals surface area contributed by atoms with Crippen molar-refractivity contribution in [1.82, 2.24) is 14.9 Å². The molecule has 0 aliphatic carbocycles. The number of benzene rings is 1. The molecule has 0 amide bonds. The number of nitrogens with one attached hydrogen (secondary N) is 1. The molecule has 1 atom stereocenters. The summed E-state index contributed by atoms with van der Waals surface area (Å²) in [4.78, 5) is 24.8. The maximum Gasteiger partial charge on any atom is 0.260 e. The quantitative estimate of drug-likeness (QED) is 0.472. The molecule has 0 saturated carbocycles. The number of hydrogen-bond donors (Lipinski definition) is 1. The molecule has 0 fully saturated rings. The highest BCUT2D eigenvalue weighted by Crippen LogP contribution is 2.34. The Morgan fingerprint density at radius 1 is 1.21 bits per heavy atom. The fraction of sp³-hybridized carbons (Fsp3) is 0.273. The molecule has 0 spiro atoms. The molecule has 3 heterocycles. The molecule has 28 heavy (non-hydrogen) atoms. The van der Waals surface area contributed by atoms with E-state index in [2.05, 4.69) is 55.9 Å². The monoisotopic (exact) mass is 409 g/mol. The van der Waals surface area contributed by atoms with Crippen molar-refractivity contribution in [2.45, 2.75) is 33.4 Å². The molecule has 1 N–H and O–H groups in total. The van der Waals surface area contributed by atoms with E-state index in [1.165, 1.54) is 28.0 Å². The second kappa shape index (κ2) is 7.62. The largest absolute Gasteiger partial charge is 0.309 e. The van der Waals surface area contributed by atoms with Crippen LogP contribution in [0.4, 0.5) is 0 Å². The van der Waals surface area contributed by atoms with Gasteiger partial charge < -0.3 is 4.98 Å². The molecule has 0 bridgehead atoms. The van der Waals surface area contributed by atoms with Crippen molar-refractivity contribution >= 4 is 32.9 Å². The average molecular weight is 410 g/mol. The number of aromatic nitrogens is 2. The highest BCUT2D eigenvalue weighted by atomic mass is 32.1. The first-order valence-corrected chi connectivity index (χ1v) is 11.0. The zero-order chi connectivity index (χ0) is 19.8. The molecule has 0 saturated heterocycles. The molecule has 4 aromatic rings. The van der Waals surface area contributed by atoms with Gasteiger partial charge in [-0.1, -0.05) is 29.8 Å². The fourth-order valence-corrected chi connectivity index (χ4v) is 5.18. The summed E-state index contributed by atoms with van der Waals surface area (Å²) in [6.07, 6.45) is 0. The normalized spacial score (nSPS) is 12.8. The van der Waals surface area contributed by atoms with E-state index >= 15 is 0 Å². The summed E-state index contributed by atoms with van der Waals surface area (Å²) in [7, 11) is 2.07. The second-order valence-electron chi connectivity index (χ2n) is 7.28. The molecule has 4 nitrogen and oxygen atoms in total. The molecule has 6 heteroatoms. The van der Waals surface area contributed by atoms with Crippen molar-refractivity contribution in [3.05, 3.63) is 74.0 Å². The van der Waals surface area contributed by atoms with Crippen molar-refractivity contribution in [2.24, 2.45) is 0 Å². The Hall–Kier alpha value is -2.28. The van der Waals surface area contributed by atoms with Crippen molar-refractivity contribution < 1.29 is 0 Å². The van der Waals surface area contributed by atoms with Gasteiger partial charge >= 0.3 is 0 Å². The third-order valence-electron chi connectivity index (χ3n) is 5.22. The van der Waals surface area contributed by atoms with E-state index in [1.54, 1.807) is 11.3 Å². The SMILES string of the molecule is Cc1ccc(CN(C)[C@H](C)c2nc3scc(-c4cccs4)c3c(=O)[nH]2)c(C)c1. The number of H-pyrrole nitrogens is 1. The van der Waals surface area contributed by atoms with Gasteiger partial charge in [-0.3, -0.25) is 9.69 Å². The van der Waals surface area contributed by atoms with Gasteiger partial charge in [-0.05, 0) is 50.4 Å². The minimum absolute atomic E-state index is 0.00471. The van der Waals surface area contributed by atoms with Crippen LogP contribution in [0.1, 0.15) is 35.5 Å². The summed E-state index contributed by atoms with van der Waals surface area (Å²) in [6, 6.07) is 10.6. The maximum absolute atomic E-state index is 12.9. The molecular weight excluding hydrogens is 386 g/mol. The molecule has 4 rings (SSSR count). The van der Waals surface area contributed by atoms with Gasteiger partial charge in [0.05, 0.1) is 11.4 Å². The van der Waals surface area contributed by atoms with Crippen molar-refractivity contribution in [3.8, 4) is 10.4 Å². The van der Waals surface area contributed by atoms with Gasteiger partial charge in [-0.25, -0.2) is 4.98 Å². The van der Waals surface area contributed by atoms with E-state index in [1.807, 2.05) is 22.9 Å². The van der Waals surface area contributed by atoms with E-state index in [0.29, 0.717) is 11.2 Å². The van der Waals surface area contributed by atoms with E-state index in [-0.39, 0.29) is 11.6 Å². The van der Waals surface area contributed by atoms with E-state index in [9.17, 15) is 4.79 Å². The third kappa shape index (κ3) is 3.55. The van der Waals surface area contributed by atoms with Gasteiger partial charge in [-0.15, -0.1) is 22.7 Å². The van der Waals surface area contributed by atoms with Gasteiger partial charge in [0.25, 0.3) is 5.56 Å². The Morgan fingerprint density at radius 3 is 2.75 bits per heavy atom. The van der Waals surface area contributed by atoms with Crippen molar-refractivity contribution in [2.75, 3.05) is 7.05 Å². The molecule has 0 unspecified atom stereocenters. The second-order valence-corrected chi connectivity index (χ2v) is 9.08. The minimum Gasteiger partial charge on any atom is -0.309 e. The zero-order valence-corrected chi connectivity index (χ0v) is 18.1.